The number of nitrogens with zero attached hydrogens (tertiary/aromatic N) is 1. The van der Waals surface area contributed by atoms with E-state index in [-0.39, 0.29) is 24.3 Å². The summed E-state index contributed by atoms with van der Waals surface area (Å²) in [5, 5.41) is 8.65. The zero-order valence-corrected chi connectivity index (χ0v) is 8.52. The van der Waals surface area contributed by atoms with Crippen molar-refractivity contribution in [1.82, 2.24) is 4.90 Å². The van der Waals surface area contributed by atoms with Crippen LogP contribution in [0.3, 0.4) is 0 Å². The smallest absolute Gasteiger partial charge is 0.305 e. The molecule has 0 spiro atoms. The standard InChI is InChI=1S/C10H15NO4/c12-9(13)5-8-1-3-11(8)10(14)7-2-4-15-6-7/h7-8H,1-6H2,(H,12,13). The van der Waals surface area contributed by atoms with Crippen LogP contribution in [0, 0.1) is 5.92 Å². The molecule has 2 rings (SSSR count). The van der Waals surface area contributed by atoms with Gasteiger partial charge in [-0.2, -0.15) is 0 Å². The van der Waals surface area contributed by atoms with Crippen LogP contribution in [0.15, 0.2) is 0 Å². The lowest BCUT2D eigenvalue weighted by atomic mass is 9.96. The predicted octanol–water partition coefficient (Wildman–Crippen LogP) is 0.0985. The maximum absolute atomic E-state index is 11.9. The van der Waals surface area contributed by atoms with Gasteiger partial charge in [-0.1, -0.05) is 0 Å². The number of hydrogen-bond donors (Lipinski definition) is 1. The number of hydrogen-bond acceptors (Lipinski definition) is 3. The van der Waals surface area contributed by atoms with Gasteiger partial charge in [-0.05, 0) is 12.8 Å². The maximum Gasteiger partial charge on any atom is 0.305 e. The molecule has 1 amide bonds. The Hall–Kier alpha value is -1.10. The second kappa shape index (κ2) is 4.18. The van der Waals surface area contributed by atoms with Crippen molar-refractivity contribution in [1.29, 1.82) is 0 Å². The third kappa shape index (κ3) is 2.12. The van der Waals surface area contributed by atoms with E-state index in [0.29, 0.717) is 19.8 Å². The second-order valence-corrected chi connectivity index (χ2v) is 4.13. The lowest BCUT2D eigenvalue weighted by molar-refractivity contribution is -0.148. The van der Waals surface area contributed by atoms with Crippen molar-refractivity contribution in [3.63, 3.8) is 0 Å². The van der Waals surface area contributed by atoms with Crippen molar-refractivity contribution >= 4 is 11.9 Å². The predicted molar refractivity (Wildman–Crippen MR) is 51.3 cm³/mol. The average molecular weight is 213 g/mol. The molecular weight excluding hydrogens is 198 g/mol. The molecule has 2 heterocycles. The molecule has 0 saturated carbocycles. The Kier molecular flexibility index (Phi) is 2.90. The van der Waals surface area contributed by atoms with Gasteiger partial charge in [0.15, 0.2) is 0 Å². The van der Waals surface area contributed by atoms with E-state index < -0.39 is 5.97 Å². The van der Waals surface area contributed by atoms with E-state index in [9.17, 15) is 9.59 Å². The summed E-state index contributed by atoms with van der Waals surface area (Å²) in [6, 6.07) is -0.0874. The Labute approximate surface area is 88.0 Å². The number of rotatable bonds is 3. The van der Waals surface area contributed by atoms with E-state index in [1.165, 1.54) is 0 Å². The number of carboxylic acid groups (broad SMARTS) is 1. The SMILES string of the molecule is O=C(O)CC1CCN1C(=O)C1CCOC1. The Bertz CT molecular complexity index is 273. The zero-order chi connectivity index (χ0) is 10.8. The molecule has 5 nitrogen and oxygen atoms in total. The minimum absolute atomic E-state index is 0.0402. The normalized spacial score (nSPS) is 30.0. The molecule has 0 aromatic heterocycles. The molecule has 5 heteroatoms. The number of ether oxygens (including phenoxy) is 1. The first-order valence-electron chi connectivity index (χ1n) is 5.28. The molecule has 2 fully saturated rings. The molecule has 2 atom stereocenters. The number of aliphatic carboxylic acids is 1. The van der Waals surface area contributed by atoms with Crippen molar-refractivity contribution in [3.8, 4) is 0 Å². The molecule has 84 valence electrons. The van der Waals surface area contributed by atoms with E-state index in [4.69, 9.17) is 9.84 Å². The number of likely N-dealkylation sites (tertiary alicyclic amines) is 1. The number of carboxylic acids is 1. The molecule has 2 saturated heterocycles. The van der Waals surface area contributed by atoms with E-state index in [0.717, 1.165) is 12.8 Å². The first kappa shape index (κ1) is 10.4. The highest BCUT2D eigenvalue weighted by atomic mass is 16.5. The summed E-state index contributed by atoms with van der Waals surface area (Å²) in [6.45, 7) is 1.84. The molecule has 0 bridgehead atoms. The lowest BCUT2D eigenvalue weighted by Gasteiger charge is -2.41. The van der Waals surface area contributed by atoms with Crippen LogP contribution in [0.25, 0.3) is 0 Å². The lowest BCUT2D eigenvalue weighted by Crippen LogP contribution is -2.54. The van der Waals surface area contributed by atoms with Crippen LogP contribution in [-0.2, 0) is 14.3 Å². The van der Waals surface area contributed by atoms with Crippen LogP contribution in [0.4, 0.5) is 0 Å². The number of amides is 1. The molecule has 1 N–H and O–H groups in total. The van der Waals surface area contributed by atoms with Gasteiger partial charge in [-0.25, -0.2) is 0 Å². The zero-order valence-electron chi connectivity index (χ0n) is 8.52. The first-order chi connectivity index (χ1) is 7.18. The Morgan fingerprint density at radius 2 is 2.20 bits per heavy atom. The van der Waals surface area contributed by atoms with Gasteiger partial charge in [0.05, 0.1) is 18.9 Å². The molecule has 0 aliphatic carbocycles. The molecule has 2 aliphatic heterocycles. The highest BCUT2D eigenvalue weighted by Gasteiger charge is 2.37. The summed E-state index contributed by atoms with van der Waals surface area (Å²) >= 11 is 0. The minimum Gasteiger partial charge on any atom is -0.481 e. The summed E-state index contributed by atoms with van der Waals surface area (Å²) in [7, 11) is 0. The molecule has 0 aromatic carbocycles. The summed E-state index contributed by atoms with van der Waals surface area (Å²) < 4.78 is 5.15. The van der Waals surface area contributed by atoms with E-state index >= 15 is 0 Å². The van der Waals surface area contributed by atoms with Gasteiger partial charge >= 0.3 is 5.97 Å². The summed E-state index contributed by atoms with van der Waals surface area (Å²) in [5.74, 6) is -0.799. The van der Waals surface area contributed by atoms with Gasteiger partial charge in [0.2, 0.25) is 5.91 Å². The van der Waals surface area contributed by atoms with Crippen molar-refractivity contribution < 1.29 is 19.4 Å². The Morgan fingerprint density at radius 1 is 1.40 bits per heavy atom. The monoisotopic (exact) mass is 213 g/mol. The topological polar surface area (TPSA) is 66.8 Å². The molecule has 2 unspecified atom stereocenters. The van der Waals surface area contributed by atoms with Gasteiger partial charge in [-0.3, -0.25) is 9.59 Å². The van der Waals surface area contributed by atoms with Crippen LogP contribution in [-0.4, -0.2) is 47.7 Å². The average Bonchev–Trinajstić information content (AvgIpc) is 2.64. The highest BCUT2D eigenvalue weighted by molar-refractivity contribution is 5.81. The molecule has 0 aromatic rings. The van der Waals surface area contributed by atoms with Crippen LogP contribution in [0.1, 0.15) is 19.3 Å². The van der Waals surface area contributed by atoms with Crippen LogP contribution in [0.2, 0.25) is 0 Å². The van der Waals surface area contributed by atoms with Crippen molar-refractivity contribution in [2.45, 2.75) is 25.3 Å². The summed E-state index contributed by atoms with van der Waals surface area (Å²) in [6.07, 6.45) is 1.65. The van der Waals surface area contributed by atoms with Gasteiger partial charge in [0.1, 0.15) is 0 Å². The van der Waals surface area contributed by atoms with Crippen LogP contribution >= 0.6 is 0 Å². The molecule has 2 aliphatic rings. The number of carbonyl (C=O) groups excluding carboxylic acids is 1. The molecular formula is C10H15NO4. The highest BCUT2D eigenvalue weighted by Crippen LogP contribution is 2.25. The summed E-state index contributed by atoms with van der Waals surface area (Å²) in [5.41, 5.74) is 0. The van der Waals surface area contributed by atoms with Crippen molar-refractivity contribution in [2.24, 2.45) is 5.92 Å². The van der Waals surface area contributed by atoms with Gasteiger partial charge in [0, 0.05) is 19.2 Å². The quantitative estimate of drug-likeness (QED) is 0.722. The first-order valence-corrected chi connectivity index (χ1v) is 5.28. The fraction of sp³-hybridized carbons (Fsp3) is 0.800. The molecule has 0 radical (unpaired) electrons. The third-order valence-corrected chi connectivity index (χ3v) is 3.12. The second-order valence-electron chi connectivity index (χ2n) is 4.13. The van der Waals surface area contributed by atoms with E-state index in [1.54, 1.807) is 4.90 Å². The minimum atomic E-state index is -0.833. The van der Waals surface area contributed by atoms with Gasteiger partial charge in [-0.15, -0.1) is 0 Å². The van der Waals surface area contributed by atoms with Crippen molar-refractivity contribution in [3.05, 3.63) is 0 Å². The van der Waals surface area contributed by atoms with E-state index in [1.807, 2.05) is 0 Å². The largest absolute Gasteiger partial charge is 0.481 e. The maximum atomic E-state index is 11.9. The Balaban J connectivity index is 1.87. The number of carbonyl (C=O) groups is 2. The fourth-order valence-electron chi connectivity index (χ4n) is 2.11. The van der Waals surface area contributed by atoms with Gasteiger partial charge in [0.25, 0.3) is 0 Å². The van der Waals surface area contributed by atoms with Crippen LogP contribution < -0.4 is 0 Å². The Morgan fingerprint density at radius 3 is 2.67 bits per heavy atom. The van der Waals surface area contributed by atoms with Crippen molar-refractivity contribution in [2.75, 3.05) is 19.8 Å². The summed E-state index contributed by atoms with van der Waals surface area (Å²) in [4.78, 5) is 24.1. The van der Waals surface area contributed by atoms with Crippen LogP contribution in [0.5, 0.6) is 0 Å². The van der Waals surface area contributed by atoms with E-state index in [2.05, 4.69) is 0 Å². The molecule has 15 heavy (non-hydrogen) atoms. The third-order valence-electron chi connectivity index (χ3n) is 3.12. The fourth-order valence-corrected chi connectivity index (χ4v) is 2.11. The van der Waals surface area contributed by atoms with Gasteiger partial charge < -0.3 is 14.7 Å².